The third-order valence-electron chi connectivity index (χ3n) is 2.30. The summed E-state index contributed by atoms with van der Waals surface area (Å²) in [5, 5.41) is 9.54. The van der Waals surface area contributed by atoms with Gasteiger partial charge in [0.1, 0.15) is 0 Å². The van der Waals surface area contributed by atoms with Crippen molar-refractivity contribution in [3.05, 3.63) is 29.1 Å². The minimum atomic E-state index is -0.603. The number of phenols is 1. The molecule has 3 nitrogen and oxygen atoms in total. The Bertz CT molecular complexity index is 364. The summed E-state index contributed by atoms with van der Waals surface area (Å²) in [5.41, 5.74) is 12.6. The van der Waals surface area contributed by atoms with Crippen molar-refractivity contribution in [1.82, 2.24) is 0 Å². The van der Waals surface area contributed by atoms with E-state index in [0.717, 1.165) is 5.56 Å². The largest absolute Gasteiger partial charge is 0.505 e. The molecule has 5 N–H and O–H groups in total. The zero-order valence-electron chi connectivity index (χ0n) is 9.70. The molecule has 0 saturated carbocycles. The van der Waals surface area contributed by atoms with E-state index in [4.69, 9.17) is 11.5 Å². The standard InChI is InChI=1S/C12H19FN2O/c1-7(14)3-9-5-10(4-8(2)15)12(16)11(13)6-9/h5-8,16H,3-4,14-15H2,1-2H3. The number of phenolic OH excluding ortho intramolecular Hbond substituents is 1. The molecule has 2 unspecified atom stereocenters. The van der Waals surface area contributed by atoms with Gasteiger partial charge in [0.15, 0.2) is 11.6 Å². The van der Waals surface area contributed by atoms with Crippen LogP contribution < -0.4 is 11.5 Å². The third kappa shape index (κ3) is 3.47. The van der Waals surface area contributed by atoms with Gasteiger partial charge < -0.3 is 16.6 Å². The first kappa shape index (κ1) is 12.9. The van der Waals surface area contributed by atoms with Crippen LogP contribution in [0, 0.1) is 5.82 Å². The van der Waals surface area contributed by atoms with Gasteiger partial charge in [-0.15, -0.1) is 0 Å². The van der Waals surface area contributed by atoms with E-state index >= 15 is 0 Å². The molecule has 2 atom stereocenters. The van der Waals surface area contributed by atoms with Gasteiger partial charge in [-0.3, -0.25) is 0 Å². The van der Waals surface area contributed by atoms with Crippen LogP contribution >= 0.6 is 0 Å². The fourth-order valence-electron chi connectivity index (χ4n) is 1.71. The third-order valence-corrected chi connectivity index (χ3v) is 2.30. The zero-order chi connectivity index (χ0) is 12.3. The van der Waals surface area contributed by atoms with Crippen LogP contribution in [0.3, 0.4) is 0 Å². The lowest BCUT2D eigenvalue weighted by Crippen LogP contribution is -2.20. The predicted molar refractivity (Wildman–Crippen MR) is 62.8 cm³/mol. The summed E-state index contributed by atoms with van der Waals surface area (Å²) in [4.78, 5) is 0. The molecule has 1 rings (SSSR count). The van der Waals surface area contributed by atoms with Crippen molar-refractivity contribution in [2.75, 3.05) is 0 Å². The Hall–Kier alpha value is -1.13. The molecule has 0 aliphatic heterocycles. The Morgan fingerprint density at radius 1 is 1.19 bits per heavy atom. The van der Waals surface area contributed by atoms with Crippen molar-refractivity contribution in [2.45, 2.75) is 38.8 Å². The first-order valence-corrected chi connectivity index (χ1v) is 5.41. The van der Waals surface area contributed by atoms with Crippen molar-refractivity contribution in [3.8, 4) is 5.75 Å². The van der Waals surface area contributed by atoms with Crippen molar-refractivity contribution < 1.29 is 9.50 Å². The van der Waals surface area contributed by atoms with Crippen molar-refractivity contribution >= 4 is 0 Å². The van der Waals surface area contributed by atoms with Crippen LogP contribution in [0.4, 0.5) is 4.39 Å². The maximum atomic E-state index is 13.4. The number of nitrogens with two attached hydrogens (primary N) is 2. The molecule has 90 valence electrons. The van der Waals surface area contributed by atoms with E-state index in [0.29, 0.717) is 18.4 Å². The number of benzene rings is 1. The molecule has 0 fully saturated rings. The minimum absolute atomic E-state index is 0.0351. The van der Waals surface area contributed by atoms with Gasteiger partial charge in [-0.05, 0) is 43.9 Å². The highest BCUT2D eigenvalue weighted by molar-refractivity contribution is 5.38. The second-order valence-corrected chi connectivity index (χ2v) is 4.45. The summed E-state index contributed by atoms with van der Waals surface area (Å²) >= 11 is 0. The van der Waals surface area contributed by atoms with E-state index in [1.54, 1.807) is 6.07 Å². The Morgan fingerprint density at radius 3 is 2.25 bits per heavy atom. The lowest BCUT2D eigenvalue weighted by molar-refractivity contribution is 0.423. The van der Waals surface area contributed by atoms with Gasteiger partial charge in [-0.25, -0.2) is 4.39 Å². The van der Waals surface area contributed by atoms with E-state index in [1.807, 2.05) is 13.8 Å². The highest BCUT2D eigenvalue weighted by atomic mass is 19.1. The number of aromatic hydroxyl groups is 1. The summed E-state index contributed by atoms with van der Waals surface area (Å²) in [7, 11) is 0. The van der Waals surface area contributed by atoms with Crippen molar-refractivity contribution in [1.29, 1.82) is 0 Å². The first-order valence-electron chi connectivity index (χ1n) is 5.41. The zero-order valence-corrected chi connectivity index (χ0v) is 9.70. The number of hydrogen-bond donors (Lipinski definition) is 3. The monoisotopic (exact) mass is 226 g/mol. The number of rotatable bonds is 4. The van der Waals surface area contributed by atoms with E-state index < -0.39 is 5.82 Å². The van der Waals surface area contributed by atoms with Crippen LogP contribution in [0.1, 0.15) is 25.0 Å². The molecule has 4 heteroatoms. The first-order chi connectivity index (χ1) is 7.40. The van der Waals surface area contributed by atoms with Crippen LogP contribution in [-0.4, -0.2) is 17.2 Å². The van der Waals surface area contributed by atoms with Crippen molar-refractivity contribution in [2.24, 2.45) is 11.5 Å². The van der Waals surface area contributed by atoms with Gasteiger partial charge in [0.05, 0.1) is 0 Å². The van der Waals surface area contributed by atoms with Gasteiger partial charge in [-0.2, -0.15) is 0 Å². The second kappa shape index (κ2) is 5.27. The minimum Gasteiger partial charge on any atom is -0.505 e. The van der Waals surface area contributed by atoms with E-state index in [1.165, 1.54) is 6.07 Å². The molecule has 0 spiro atoms. The molecule has 0 aromatic heterocycles. The molecular formula is C12H19FN2O. The fourth-order valence-corrected chi connectivity index (χ4v) is 1.71. The molecule has 1 aromatic rings. The topological polar surface area (TPSA) is 72.3 Å². The summed E-state index contributed by atoms with van der Waals surface area (Å²) in [6.07, 6.45) is 1.04. The highest BCUT2D eigenvalue weighted by Crippen LogP contribution is 2.24. The van der Waals surface area contributed by atoms with Gasteiger partial charge in [0, 0.05) is 12.1 Å². The molecule has 0 aliphatic rings. The average molecular weight is 226 g/mol. The average Bonchev–Trinajstić information content (AvgIpc) is 2.11. The van der Waals surface area contributed by atoms with E-state index in [2.05, 4.69) is 0 Å². The van der Waals surface area contributed by atoms with Gasteiger partial charge in [-0.1, -0.05) is 6.07 Å². The smallest absolute Gasteiger partial charge is 0.165 e. The Kier molecular flexibility index (Phi) is 4.26. The van der Waals surface area contributed by atoms with Crippen molar-refractivity contribution in [3.63, 3.8) is 0 Å². The second-order valence-electron chi connectivity index (χ2n) is 4.45. The van der Waals surface area contributed by atoms with Crippen LogP contribution in [0.25, 0.3) is 0 Å². The van der Waals surface area contributed by atoms with Crippen LogP contribution in [0.5, 0.6) is 5.75 Å². The lowest BCUT2D eigenvalue weighted by Gasteiger charge is -2.12. The summed E-state index contributed by atoms with van der Waals surface area (Å²) in [5.74, 6) is -0.903. The quantitative estimate of drug-likeness (QED) is 0.724. The van der Waals surface area contributed by atoms with Gasteiger partial charge >= 0.3 is 0 Å². The molecule has 0 heterocycles. The normalized spacial score (nSPS) is 14.8. The fraction of sp³-hybridized carbons (Fsp3) is 0.500. The number of hydrogen-bond acceptors (Lipinski definition) is 3. The summed E-state index contributed by atoms with van der Waals surface area (Å²) < 4.78 is 13.4. The summed E-state index contributed by atoms with van der Waals surface area (Å²) in [6, 6.07) is 2.94. The Labute approximate surface area is 95.3 Å². The maximum Gasteiger partial charge on any atom is 0.165 e. The molecular weight excluding hydrogens is 207 g/mol. The molecule has 0 radical (unpaired) electrons. The number of halogens is 1. The Morgan fingerprint density at radius 2 is 1.75 bits per heavy atom. The van der Waals surface area contributed by atoms with E-state index in [9.17, 15) is 9.50 Å². The highest BCUT2D eigenvalue weighted by Gasteiger charge is 2.12. The SMILES string of the molecule is CC(N)Cc1cc(F)c(O)c(CC(C)N)c1. The molecule has 1 aromatic carbocycles. The van der Waals surface area contributed by atoms with Crippen LogP contribution in [-0.2, 0) is 12.8 Å². The predicted octanol–water partition coefficient (Wildman–Crippen LogP) is 1.31. The van der Waals surface area contributed by atoms with E-state index in [-0.39, 0.29) is 17.8 Å². The molecule has 0 amide bonds. The van der Waals surface area contributed by atoms with Gasteiger partial charge in [0.25, 0.3) is 0 Å². The van der Waals surface area contributed by atoms with Crippen LogP contribution in [0.15, 0.2) is 12.1 Å². The lowest BCUT2D eigenvalue weighted by atomic mass is 10.00. The maximum absolute atomic E-state index is 13.4. The Balaban J connectivity index is 3.01. The molecule has 16 heavy (non-hydrogen) atoms. The summed E-state index contributed by atoms with van der Waals surface area (Å²) in [6.45, 7) is 3.67. The molecule has 0 bridgehead atoms. The molecule has 0 aliphatic carbocycles. The van der Waals surface area contributed by atoms with Crippen LogP contribution in [0.2, 0.25) is 0 Å². The molecule has 0 saturated heterocycles. The van der Waals surface area contributed by atoms with Gasteiger partial charge in [0.2, 0.25) is 0 Å².